The van der Waals surface area contributed by atoms with Gasteiger partial charge in [-0.05, 0) is 13.3 Å². The Kier molecular flexibility index (Phi) is 4.60. The molecule has 0 amide bonds. The van der Waals surface area contributed by atoms with Crippen LogP contribution in [0.25, 0.3) is 0 Å². The van der Waals surface area contributed by atoms with Crippen molar-refractivity contribution in [2.75, 3.05) is 20.0 Å². The lowest BCUT2D eigenvalue weighted by Crippen LogP contribution is -2.26. The van der Waals surface area contributed by atoms with Crippen LogP contribution < -0.4 is 14.9 Å². The molecule has 2 rings (SSSR count). The van der Waals surface area contributed by atoms with Crippen molar-refractivity contribution >= 4 is 17.3 Å². The number of methoxy groups -OCH3 is 1. The lowest BCUT2D eigenvalue weighted by Gasteiger charge is -2.19. The number of aromatic nitrogens is 1. The Morgan fingerprint density at radius 3 is 2.71 bits per heavy atom. The maximum absolute atomic E-state index is 12.3. The summed E-state index contributed by atoms with van der Waals surface area (Å²) in [6.07, 6.45) is 2.50. The topological polar surface area (TPSA) is 97.6 Å². The van der Waals surface area contributed by atoms with E-state index >= 15 is 0 Å². The fraction of sp³-hybridized carbons (Fsp3) is 0.538. The predicted octanol–water partition coefficient (Wildman–Crippen LogP) is -0.161. The summed E-state index contributed by atoms with van der Waals surface area (Å²) in [6.45, 7) is 1.45. The van der Waals surface area contributed by atoms with E-state index < -0.39 is 11.0 Å². The van der Waals surface area contributed by atoms with Crippen molar-refractivity contribution in [3.8, 4) is 5.75 Å². The second-order valence-corrected chi connectivity index (χ2v) is 6.09. The molecule has 1 aromatic rings. The van der Waals surface area contributed by atoms with Crippen molar-refractivity contribution in [1.82, 2.24) is 9.29 Å². The molecule has 1 aliphatic rings. The van der Waals surface area contributed by atoms with Crippen LogP contribution >= 0.6 is 0 Å². The molecule has 0 fully saturated rings. The fourth-order valence-corrected chi connectivity index (χ4v) is 3.51. The van der Waals surface area contributed by atoms with Crippen molar-refractivity contribution in [1.29, 1.82) is 0 Å². The summed E-state index contributed by atoms with van der Waals surface area (Å²) in [7, 11) is 0.0525. The van der Waals surface area contributed by atoms with Crippen molar-refractivity contribution in [2.45, 2.75) is 25.4 Å². The summed E-state index contributed by atoms with van der Waals surface area (Å²) in [4.78, 5) is 23.7. The van der Waals surface area contributed by atoms with Crippen LogP contribution in [0.2, 0.25) is 0 Å². The maximum atomic E-state index is 12.3. The van der Waals surface area contributed by atoms with Gasteiger partial charge in [0.1, 0.15) is 5.69 Å². The number of hydrogen-bond donors (Lipinski definition) is 2. The van der Waals surface area contributed by atoms with Gasteiger partial charge < -0.3 is 14.4 Å². The summed E-state index contributed by atoms with van der Waals surface area (Å²) in [6, 6.07) is -0.722. The predicted molar refractivity (Wildman–Crippen MR) is 78.1 cm³/mol. The number of ether oxygens (including phenoxy) is 1. The quantitative estimate of drug-likeness (QED) is 0.736. The first-order valence-corrected chi connectivity index (χ1v) is 8.00. The number of fused-ring (bicyclic) bond motifs is 1. The molecule has 21 heavy (non-hydrogen) atoms. The number of nitrogens with one attached hydrogen (secondary N) is 1. The zero-order chi connectivity index (χ0) is 15.7. The molecule has 0 aliphatic carbocycles. The van der Waals surface area contributed by atoms with Crippen LogP contribution in [0.5, 0.6) is 5.75 Å². The molecule has 3 unspecified atom stereocenters. The second kappa shape index (κ2) is 6.08. The van der Waals surface area contributed by atoms with E-state index in [4.69, 9.17) is 4.74 Å². The highest BCUT2D eigenvalue weighted by Crippen LogP contribution is 2.38. The Bertz CT molecular complexity index is 655. The Hall–Kier alpha value is -1.51. The lowest BCUT2D eigenvalue weighted by molar-refractivity contribution is 0.110. The fourth-order valence-electron chi connectivity index (χ4n) is 2.90. The number of rotatable bonds is 5. The van der Waals surface area contributed by atoms with Crippen LogP contribution in [-0.4, -0.2) is 40.1 Å². The average molecular weight is 314 g/mol. The summed E-state index contributed by atoms with van der Waals surface area (Å²) in [5.41, 5.74) is 0.750. The molecule has 0 aromatic carbocycles. The second-order valence-electron chi connectivity index (χ2n) is 4.94. The van der Waals surface area contributed by atoms with Crippen molar-refractivity contribution in [3.05, 3.63) is 27.2 Å². The van der Waals surface area contributed by atoms with E-state index in [0.29, 0.717) is 24.0 Å². The third-order valence-electron chi connectivity index (χ3n) is 3.72. The standard InChI is InChI=1S/C13H18N2O5S/c1-7-11-9(14-21(3)19)4-8(5-16)15(11)10(6-17)13(20-2)12(7)18/h6,8-9,14,16H,4-5H2,1-3H3. The molecule has 116 valence electrons. The molecule has 1 aromatic heterocycles. The summed E-state index contributed by atoms with van der Waals surface area (Å²) in [5, 5.41) is 9.55. The van der Waals surface area contributed by atoms with E-state index in [0.717, 1.165) is 0 Å². The normalized spacial score (nSPS) is 21.9. The highest BCUT2D eigenvalue weighted by atomic mass is 32.2. The van der Waals surface area contributed by atoms with Gasteiger partial charge in [0.25, 0.3) is 0 Å². The number of pyridine rings is 1. The number of hydrogen-bond acceptors (Lipinski definition) is 5. The number of carbonyl (C=O) groups is 1. The van der Waals surface area contributed by atoms with Gasteiger partial charge in [0.2, 0.25) is 5.43 Å². The number of nitrogens with zero attached hydrogens (tertiary/aromatic N) is 1. The van der Waals surface area contributed by atoms with Gasteiger partial charge in [0.15, 0.2) is 12.0 Å². The number of aldehydes is 1. The average Bonchev–Trinajstić information content (AvgIpc) is 2.80. The highest BCUT2D eigenvalue weighted by molar-refractivity contribution is 7.82. The molecular weight excluding hydrogens is 296 g/mol. The van der Waals surface area contributed by atoms with Crippen LogP contribution in [0.15, 0.2) is 4.79 Å². The molecule has 0 radical (unpaired) electrons. The van der Waals surface area contributed by atoms with Gasteiger partial charge in [-0.15, -0.1) is 0 Å². The lowest BCUT2D eigenvalue weighted by atomic mass is 10.1. The van der Waals surface area contributed by atoms with Crippen molar-refractivity contribution in [3.63, 3.8) is 0 Å². The van der Waals surface area contributed by atoms with Gasteiger partial charge in [-0.2, -0.15) is 0 Å². The van der Waals surface area contributed by atoms with Crippen LogP contribution in [-0.2, 0) is 11.0 Å². The van der Waals surface area contributed by atoms with Gasteiger partial charge in [0, 0.05) is 17.5 Å². The Labute approximate surface area is 124 Å². The largest absolute Gasteiger partial charge is 0.491 e. The van der Waals surface area contributed by atoms with Crippen LogP contribution in [0.3, 0.4) is 0 Å². The van der Waals surface area contributed by atoms with Crippen LogP contribution in [0, 0.1) is 6.92 Å². The molecule has 0 saturated carbocycles. The molecule has 3 atom stereocenters. The summed E-state index contributed by atoms with van der Waals surface area (Å²) >= 11 is 0. The smallest absolute Gasteiger partial charge is 0.227 e. The molecule has 2 heterocycles. The highest BCUT2D eigenvalue weighted by Gasteiger charge is 2.36. The minimum absolute atomic E-state index is 0.0250. The number of aliphatic hydroxyl groups is 1. The van der Waals surface area contributed by atoms with Crippen LogP contribution in [0.4, 0.5) is 0 Å². The van der Waals surface area contributed by atoms with E-state index in [1.54, 1.807) is 11.5 Å². The molecular formula is C13H18N2O5S. The van der Waals surface area contributed by atoms with E-state index in [-0.39, 0.29) is 35.6 Å². The Morgan fingerprint density at radius 2 is 2.24 bits per heavy atom. The molecule has 1 aliphatic heterocycles. The SMILES string of the molecule is COc1c(C=O)n2c(c(C)c1=O)C(NS(C)=O)CC2CO. The first kappa shape index (κ1) is 15.9. The van der Waals surface area contributed by atoms with Gasteiger partial charge >= 0.3 is 0 Å². The number of aliphatic hydroxyl groups excluding tert-OH is 1. The maximum Gasteiger partial charge on any atom is 0.227 e. The first-order valence-electron chi connectivity index (χ1n) is 6.44. The van der Waals surface area contributed by atoms with E-state index in [1.165, 1.54) is 13.4 Å². The third kappa shape index (κ3) is 2.54. The minimum atomic E-state index is -1.28. The molecule has 8 heteroatoms. The van der Waals surface area contributed by atoms with Gasteiger partial charge in [-0.25, -0.2) is 8.93 Å². The Balaban J connectivity index is 2.76. The van der Waals surface area contributed by atoms with Crippen molar-refractivity contribution < 1.29 is 18.8 Å². The molecule has 2 N–H and O–H groups in total. The number of carbonyl (C=O) groups excluding carboxylic acids is 1. The molecule has 7 nitrogen and oxygen atoms in total. The monoisotopic (exact) mass is 314 g/mol. The van der Waals surface area contributed by atoms with Gasteiger partial charge in [0.05, 0.1) is 36.8 Å². The van der Waals surface area contributed by atoms with Gasteiger partial charge in [-0.1, -0.05) is 0 Å². The Morgan fingerprint density at radius 1 is 1.57 bits per heavy atom. The van der Waals surface area contributed by atoms with Crippen molar-refractivity contribution in [2.24, 2.45) is 0 Å². The van der Waals surface area contributed by atoms with Crippen LogP contribution in [0.1, 0.15) is 40.3 Å². The van der Waals surface area contributed by atoms with E-state index in [1.807, 2.05) is 0 Å². The molecule has 0 saturated heterocycles. The first-order chi connectivity index (χ1) is 9.96. The zero-order valence-electron chi connectivity index (χ0n) is 12.1. The molecule has 0 spiro atoms. The zero-order valence-corrected chi connectivity index (χ0v) is 12.9. The molecule has 0 bridgehead atoms. The summed E-state index contributed by atoms with van der Waals surface area (Å²) in [5.74, 6) is -0.0250. The third-order valence-corrected chi connectivity index (χ3v) is 4.34. The van der Waals surface area contributed by atoms with E-state index in [2.05, 4.69) is 4.72 Å². The van der Waals surface area contributed by atoms with Gasteiger partial charge in [-0.3, -0.25) is 9.59 Å². The minimum Gasteiger partial charge on any atom is -0.491 e. The summed E-state index contributed by atoms with van der Waals surface area (Å²) < 4.78 is 21.0. The van der Waals surface area contributed by atoms with E-state index in [9.17, 15) is 18.9 Å².